The zero-order valence-corrected chi connectivity index (χ0v) is 12.6. The van der Waals surface area contributed by atoms with Crippen LogP contribution in [-0.4, -0.2) is 39.3 Å². The van der Waals surface area contributed by atoms with Crippen LogP contribution in [0.4, 0.5) is 0 Å². The average molecular weight is 279 g/mol. The number of nitrogens with one attached hydrogen (secondary N) is 2. The van der Waals surface area contributed by atoms with Crippen molar-refractivity contribution in [3.63, 3.8) is 0 Å². The summed E-state index contributed by atoms with van der Waals surface area (Å²) in [5, 5.41) is 6.35. The summed E-state index contributed by atoms with van der Waals surface area (Å²) in [6, 6.07) is 7.88. The lowest BCUT2D eigenvalue weighted by atomic mass is 10.2. The van der Waals surface area contributed by atoms with Gasteiger partial charge in [0, 0.05) is 13.1 Å². The number of ether oxygens (including phenoxy) is 2. The lowest BCUT2D eigenvalue weighted by molar-refractivity contribution is 0.128. The molecule has 0 aromatic heterocycles. The van der Waals surface area contributed by atoms with Crippen molar-refractivity contribution in [3.05, 3.63) is 29.8 Å². The molecule has 0 bridgehead atoms. The van der Waals surface area contributed by atoms with E-state index in [1.54, 1.807) is 7.11 Å². The number of benzene rings is 1. The van der Waals surface area contributed by atoms with Gasteiger partial charge in [-0.25, -0.2) is 0 Å². The third-order valence-electron chi connectivity index (χ3n) is 2.62. The Morgan fingerprint density at radius 1 is 1.10 bits per heavy atom. The molecule has 5 heteroatoms. The van der Waals surface area contributed by atoms with Crippen LogP contribution in [0.15, 0.2) is 29.3 Å². The average Bonchev–Trinajstić information content (AvgIpc) is 2.48. The fourth-order valence-corrected chi connectivity index (χ4v) is 1.64. The minimum absolute atomic E-state index is 0.595. The standard InChI is InChI=1S/C15H25N3O2/c1-4-16-15(17-5-2)18-10-11-20-12-13-6-8-14(19-3)9-7-13/h6-9H,4-5,10-12H2,1-3H3,(H2,16,17,18). The minimum atomic E-state index is 0.595. The molecule has 0 aliphatic heterocycles. The second kappa shape index (κ2) is 10.1. The number of aliphatic imine (C=N–C) groups is 1. The number of methoxy groups -OCH3 is 1. The molecule has 112 valence electrons. The molecule has 1 aromatic carbocycles. The smallest absolute Gasteiger partial charge is 0.191 e. The van der Waals surface area contributed by atoms with Crippen LogP contribution in [0.3, 0.4) is 0 Å². The Balaban J connectivity index is 2.24. The zero-order valence-electron chi connectivity index (χ0n) is 12.6. The van der Waals surface area contributed by atoms with Crippen molar-refractivity contribution in [2.45, 2.75) is 20.5 Å². The van der Waals surface area contributed by atoms with Gasteiger partial charge in [-0.15, -0.1) is 0 Å². The van der Waals surface area contributed by atoms with Crippen LogP contribution in [0.25, 0.3) is 0 Å². The molecule has 0 saturated heterocycles. The first kappa shape index (κ1) is 16.3. The largest absolute Gasteiger partial charge is 0.497 e. The van der Waals surface area contributed by atoms with Crippen LogP contribution in [0.2, 0.25) is 0 Å². The number of nitrogens with zero attached hydrogens (tertiary/aromatic N) is 1. The van der Waals surface area contributed by atoms with Crippen LogP contribution in [0.1, 0.15) is 19.4 Å². The van der Waals surface area contributed by atoms with Crippen molar-refractivity contribution in [3.8, 4) is 5.75 Å². The van der Waals surface area contributed by atoms with E-state index in [2.05, 4.69) is 15.6 Å². The molecular weight excluding hydrogens is 254 g/mol. The van der Waals surface area contributed by atoms with Crippen LogP contribution < -0.4 is 15.4 Å². The van der Waals surface area contributed by atoms with E-state index in [0.717, 1.165) is 30.4 Å². The molecule has 0 unspecified atom stereocenters. The summed E-state index contributed by atoms with van der Waals surface area (Å²) in [7, 11) is 1.66. The maximum absolute atomic E-state index is 5.60. The molecule has 0 amide bonds. The monoisotopic (exact) mass is 279 g/mol. The second-order valence-corrected chi connectivity index (χ2v) is 4.19. The van der Waals surface area contributed by atoms with Gasteiger partial charge in [0.25, 0.3) is 0 Å². The van der Waals surface area contributed by atoms with Crippen molar-refractivity contribution in [1.82, 2.24) is 10.6 Å². The maximum atomic E-state index is 5.60. The second-order valence-electron chi connectivity index (χ2n) is 4.19. The van der Waals surface area contributed by atoms with E-state index in [0.29, 0.717) is 19.8 Å². The normalized spacial score (nSPS) is 9.95. The molecule has 0 fully saturated rings. The third kappa shape index (κ3) is 6.43. The number of rotatable bonds is 8. The topological polar surface area (TPSA) is 54.9 Å². The first-order valence-corrected chi connectivity index (χ1v) is 7.03. The van der Waals surface area contributed by atoms with Gasteiger partial charge in [-0.05, 0) is 31.5 Å². The van der Waals surface area contributed by atoms with E-state index in [1.165, 1.54) is 0 Å². The Morgan fingerprint density at radius 3 is 2.30 bits per heavy atom. The highest BCUT2D eigenvalue weighted by Gasteiger charge is 1.96. The summed E-state index contributed by atoms with van der Waals surface area (Å²) in [6.45, 7) is 7.66. The molecule has 5 nitrogen and oxygen atoms in total. The van der Waals surface area contributed by atoms with Gasteiger partial charge in [0.1, 0.15) is 5.75 Å². The van der Waals surface area contributed by atoms with E-state index in [9.17, 15) is 0 Å². The van der Waals surface area contributed by atoms with E-state index >= 15 is 0 Å². The van der Waals surface area contributed by atoms with Crippen LogP contribution in [0.5, 0.6) is 5.75 Å². The molecular formula is C15H25N3O2. The molecule has 0 radical (unpaired) electrons. The van der Waals surface area contributed by atoms with Gasteiger partial charge in [-0.3, -0.25) is 4.99 Å². The highest BCUT2D eigenvalue weighted by molar-refractivity contribution is 5.79. The molecule has 0 atom stereocenters. The third-order valence-corrected chi connectivity index (χ3v) is 2.62. The summed E-state index contributed by atoms with van der Waals surface area (Å²) in [5.41, 5.74) is 1.13. The molecule has 0 spiro atoms. The van der Waals surface area contributed by atoms with E-state index in [1.807, 2.05) is 38.1 Å². The number of hydrogen-bond acceptors (Lipinski definition) is 3. The van der Waals surface area contributed by atoms with Crippen LogP contribution >= 0.6 is 0 Å². The van der Waals surface area contributed by atoms with E-state index in [4.69, 9.17) is 9.47 Å². The van der Waals surface area contributed by atoms with Crippen molar-refractivity contribution in [1.29, 1.82) is 0 Å². The zero-order chi connectivity index (χ0) is 14.6. The van der Waals surface area contributed by atoms with Gasteiger partial charge in [0.15, 0.2) is 5.96 Å². The summed E-state index contributed by atoms with van der Waals surface area (Å²) < 4.78 is 10.7. The Kier molecular flexibility index (Phi) is 8.22. The Hall–Kier alpha value is -1.75. The lowest BCUT2D eigenvalue weighted by Gasteiger charge is -2.09. The highest BCUT2D eigenvalue weighted by atomic mass is 16.5. The van der Waals surface area contributed by atoms with E-state index < -0.39 is 0 Å². The van der Waals surface area contributed by atoms with Crippen molar-refractivity contribution in [2.75, 3.05) is 33.4 Å². The van der Waals surface area contributed by atoms with Crippen LogP contribution in [0, 0.1) is 0 Å². The van der Waals surface area contributed by atoms with Gasteiger partial charge < -0.3 is 20.1 Å². The highest BCUT2D eigenvalue weighted by Crippen LogP contribution is 2.11. The summed E-state index contributed by atoms with van der Waals surface area (Å²) in [5.74, 6) is 1.70. The Bertz CT molecular complexity index is 383. The molecule has 0 heterocycles. The van der Waals surface area contributed by atoms with Crippen LogP contribution in [-0.2, 0) is 11.3 Å². The molecule has 1 rings (SSSR count). The van der Waals surface area contributed by atoms with Crippen molar-refractivity contribution in [2.24, 2.45) is 4.99 Å². The molecule has 20 heavy (non-hydrogen) atoms. The van der Waals surface area contributed by atoms with Gasteiger partial charge in [0.05, 0.1) is 26.9 Å². The van der Waals surface area contributed by atoms with Gasteiger partial charge in [-0.2, -0.15) is 0 Å². The first-order valence-electron chi connectivity index (χ1n) is 7.03. The molecule has 0 aliphatic carbocycles. The quantitative estimate of drug-likeness (QED) is 0.433. The molecule has 2 N–H and O–H groups in total. The Morgan fingerprint density at radius 2 is 1.75 bits per heavy atom. The minimum Gasteiger partial charge on any atom is -0.497 e. The first-order chi connectivity index (χ1) is 9.80. The van der Waals surface area contributed by atoms with Crippen molar-refractivity contribution >= 4 is 5.96 Å². The van der Waals surface area contributed by atoms with Crippen molar-refractivity contribution < 1.29 is 9.47 Å². The summed E-state index contributed by atoms with van der Waals surface area (Å²) in [6.07, 6.45) is 0. The molecule has 0 saturated carbocycles. The van der Waals surface area contributed by atoms with Gasteiger partial charge in [0.2, 0.25) is 0 Å². The fourth-order valence-electron chi connectivity index (χ4n) is 1.64. The Labute approximate surface area is 121 Å². The predicted molar refractivity (Wildman–Crippen MR) is 82.3 cm³/mol. The fraction of sp³-hybridized carbons (Fsp3) is 0.533. The number of hydrogen-bond donors (Lipinski definition) is 2. The summed E-state index contributed by atoms with van der Waals surface area (Å²) in [4.78, 5) is 4.41. The summed E-state index contributed by atoms with van der Waals surface area (Å²) >= 11 is 0. The molecule has 1 aromatic rings. The van der Waals surface area contributed by atoms with E-state index in [-0.39, 0.29) is 0 Å². The lowest BCUT2D eigenvalue weighted by Crippen LogP contribution is -2.37. The predicted octanol–water partition coefficient (Wildman–Crippen LogP) is 1.79. The maximum Gasteiger partial charge on any atom is 0.191 e. The number of guanidine groups is 1. The molecule has 0 aliphatic rings. The SMILES string of the molecule is CCNC(=NCCOCc1ccc(OC)cc1)NCC. The van der Waals surface area contributed by atoms with Gasteiger partial charge in [-0.1, -0.05) is 12.1 Å². The van der Waals surface area contributed by atoms with Gasteiger partial charge >= 0.3 is 0 Å².